The van der Waals surface area contributed by atoms with Gasteiger partial charge in [-0.15, -0.1) is 0 Å². The highest BCUT2D eigenvalue weighted by Gasteiger charge is 2.16. The Hall–Kier alpha value is -2.40. The Balaban J connectivity index is 2.16. The molecule has 3 rings (SSSR count). The largest absolute Gasteiger partial charge is 0.481 e. The van der Waals surface area contributed by atoms with Crippen LogP contribution in [0.15, 0.2) is 42.7 Å². The van der Waals surface area contributed by atoms with Crippen LogP contribution in [-0.4, -0.2) is 25.7 Å². The first-order valence-corrected chi connectivity index (χ1v) is 6.83. The fourth-order valence-electron chi connectivity index (χ4n) is 2.26. The summed E-state index contributed by atoms with van der Waals surface area (Å²) in [5.41, 5.74) is 3.07. The molecule has 0 fully saturated rings. The van der Waals surface area contributed by atoms with E-state index >= 15 is 0 Å². The van der Waals surface area contributed by atoms with Gasteiger partial charge in [-0.3, -0.25) is 4.79 Å². The predicted octanol–water partition coefficient (Wildman–Crippen LogP) is 3.07. The molecule has 6 heteroatoms. The van der Waals surface area contributed by atoms with Crippen molar-refractivity contribution in [3.05, 3.63) is 53.3 Å². The van der Waals surface area contributed by atoms with Crippen molar-refractivity contribution in [2.45, 2.75) is 12.8 Å². The van der Waals surface area contributed by atoms with Gasteiger partial charge in [0.15, 0.2) is 5.65 Å². The summed E-state index contributed by atoms with van der Waals surface area (Å²) in [7, 11) is 0. The monoisotopic (exact) mass is 301 g/mol. The van der Waals surface area contributed by atoms with E-state index < -0.39 is 5.97 Å². The number of rotatable bonds is 4. The molecule has 0 aliphatic carbocycles. The van der Waals surface area contributed by atoms with E-state index in [0.717, 1.165) is 16.8 Å². The lowest BCUT2D eigenvalue weighted by molar-refractivity contribution is -0.136. The molecular weight excluding hydrogens is 290 g/mol. The number of carboxylic acid groups (broad SMARTS) is 1. The first kappa shape index (κ1) is 13.6. The van der Waals surface area contributed by atoms with E-state index in [4.69, 9.17) is 16.7 Å². The summed E-state index contributed by atoms with van der Waals surface area (Å²) in [6.07, 6.45) is 3.87. The minimum Gasteiger partial charge on any atom is -0.481 e. The number of aryl methyl sites for hydroxylation is 1. The molecule has 0 spiro atoms. The average Bonchev–Trinajstić information content (AvgIpc) is 2.84. The van der Waals surface area contributed by atoms with Crippen LogP contribution >= 0.6 is 11.6 Å². The van der Waals surface area contributed by atoms with Crippen molar-refractivity contribution < 1.29 is 9.90 Å². The molecule has 0 bridgehead atoms. The molecule has 0 atom stereocenters. The molecule has 2 aromatic heterocycles. The topological polar surface area (TPSA) is 67.5 Å². The van der Waals surface area contributed by atoms with E-state index in [1.807, 2.05) is 18.2 Å². The van der Waals surface area contributed by atoms with Gasteiger partial charge in [0, 0.05) is 35.0 Å². The number of hydrogen-bond donors (Lipinski definition) is 1. The molecule has 0 unspecified atom stereocenters. The lowest BCUT2D eigenvalue weighted by Gasteiger charge is -2.02. The third kappa shape index (κ3) is 2.73. The number of carboxylic acids is 1. The molecule has 1 N–H and O–H groups in total. The van der Waals surface area contributed by atoms with Crippen molar-refractivity contribution in [3.63, 3.8) is 0 Å². The smallest absolute Gasteiger partial charge is 0.303 e. The summed E-state index contributed by atoms with van der Waals surface area (Å²) in [5, 5.41) is 14.0. The number of fused-ring (bicyclic) bond motifs is 1. The zero-order valence-electron chi connectivity index (χ0n) is 11.0. The van der Waals surface area contributed by atoms with Crippen molar-refractivity contribution >= 4 is 23.2 Å². The lowest BCUT2D eigenvalue weighted by atomic mass is 10.0. The first-order chi connectivity index (χ1) is 10.1. The molecule has 0 saturated carbocycles. The van der Waals surface area contributed by atoms with Crippen LogP contribution in [0, 0.1) is 0 Å². The van der Waals surface area contributed by atoms with Crippen LogP contribution in [0.3, 0.4) is 0 Å². The Kier molecular flexibility index (Phi) is 3.58. The number of carbonyl (C=O) groups is 1. The van der Waals surface area contributed by atoms with Gasteiger partial charge < -0.3 is 5.11 Å². The fraction of sp³-hybridized carbons (Fsp3) is 0.133. The van der Waals surface area contributed by atoms with Gasteiger partial charge in [-0.05, 0) is 24.6 Å². The van der Waals surface area contributed by atoms with Crippen LogP contribution in [0.5, 0.6) is 0 Å². The summed E-state index contributed by atoms with van der Waals surface area (Å²) in [5.74, 6) is -0.845. The number of aromatic nitrogens is 3. The number of hydrogen-bond acceptors (Lipinski definition) is 3. The van der Waals surface area contributed by atoms with Crippen molar-refractivity contribution in [2.75, 3.05) is 0 Å². The molecule has 5 nitrogen and oxygen atoms in total. The first-order valence-electron chi connectivity index (χ1n) is 6.45. The van der Waals surface area contributed by atoms with E-state index in [2.05, 4.69) is 10.1 Å². The number of aliphatic carboxylic acids is 1. The van der Waals surface area contributed by atoms with E-state index in [-0.39, 0.29) is 6.42 Å². The standard InChI is InChI=1S/C15H12ClN3O2/c16-11-4-1-3-10(9-11)14-12(5-6-13(20)21)15-17-7-2-8-19(15)18-14/h1-4,7-9H,5-6H2,(H,20,21). The van der Waals surface area contributed by atoms with Crippen LogP contribution in [0.1, 0.15) is 12.0 Å². The van der Waals surface area contributed by atoms with Gasteiger partial charge in [0.25, 0.3) is 0 Å². The summed E-state index contributed by atoms with van der Waals surface area (Å²) in [6, 6.07) is 9.13. The third-order valence-corrected chi connectivity index (χ3v) is 3.41. The molecule has 0 saturated heterocycles. The molecule has 21 heavy (non-hydrogen) atoms. The molecular formula is C15H12ClN3O2. The summed E-state index contributed by atoms with van der Waals surface area (Å²) in [6.45, 7) is 0. The van der Waals surface area contributed by atoms with Gasteiger partial charge in [-0.1, -0.05) is 23.7 Å². The van der Waals surface area contributed by atoms with Gasteiger partial charge in [0.2, 0.25) is 0 Å². The minimum absolute atomic E-state index is 0.0332. The van der Waals surface area contributed by atoms with Gasteiger partial charge in [-0.25, -0.2) is 9.50 Å². The molecule has 2 heterocycles. The summed E-state index contributed by atoms with van der Waals surface area (Å²) in [4.78, 5) is 15.2. The van der Waals surface area contributed by atoms with Crippen molar-refractivity contribution in [3.8, 4) is 11.3 Å². The number of benzene rings is 1. The average molecular weight is 302 g/mol. The Morgan fingerprint density at radius 2 is 2.19 bits per heavy atom. The number of halogens is 1. The Labute approximate surface area is 125 Å². The maximum atomic E-state index is 10.9. The van der Waals surface area contributed by atoms with Crippen molar-refractivity contribution in [1.82, 2.24) is 14.6 Å². The zero-order chi connectivity index (χ0) is 14.8. The highest BCUT2D eigenvalue weighted by atomic mass is 35.5. The maximum Gasteiger partial charge on any atom is 0.303 e. The van der Waals surface area contributed by atoms with Crippen LogP contribution in [-0.2, 0) is 11.2 Å². The zero-order valence-corrected chi connectivity index (χ0v) is 11.8. The highest BCUT2D eigenvalue weighted by molar-refractivity contribution is 6.30. The second kappa shape index (κ2) is 5.54. The quantitative estimate of drug-likeness (QED) is 0.804. The van der Waals surface area contributed by atoms with Gasteiger partial charge in [0.1, 0.15) is 0 Å². The van der Waals surface area contributed by atoms with Gasteiger partial charge in [-0.2, -0.15) is 5.10 Å². The summed E-state index contributed by atoms with van der Waals surface area (Å²) < 4.78 is 1.66. The fourth-order valence-corrected chi connectivity index (χ4v) is 2.45. The van der Waals surface area contributed by atoms with Crippen LogP contribution < -0.4 is 0 Å². The number of nitrogens with zero attached hydrogens (tertiary/aromatic N) is 3. The van der Waals surface area contributed by atoms with E-state index in [9.17, 15) is 4.79 Å². The normalized spacial score (nSPS) is 10.9. The molecule has 106 valence electrons. The van der Waals surface area contributed by atoms with E-state index in [1.165, 1.54) is 0 Å². The SMILES string of the molecule is O=C(O)CCc1c(-c2cccc(Cl)c2)nn2cccnc12. The second-order valence-corrected chi connectivity index (χ2v) is 5.06. The van der Waals surface area contributed by atoms with Gasteiger partial charge in [0.05, 0.1) is 5.69 Å². The molecule has 3 aromatic rings. The Bertz CT molecular complexity index is 814. The molecule has 0 amide bonds. The summed E-state index contributed by atoms with van der Waals surface area (Å²) >= 11 is 6.03. The maximum absolute atomic E-state index is 10.9. The Morgan fingerprint density at radius 1 is 1.33 bits per heavy atom. The van der Waals surface area contributed by atoms with Crippen LogP contribution in [0.4, 0.5) is 0 Å². The predicted molar refractivity (Wildman–Crippen MR) is 79.4 cm³/mol. The highest BCUT2D eigenvalue weighted by Crippen LogP contribution is 2.28. The minimum atomic E-state index is -0.845. The van der Waals surface area contributed by atoms with Crippen LogP contribution in [0.2, 0.25) is 5.02 Å². The van der Waals surface area contributed by atoms with Gasteiger partial charge >= 0.3 is 5.97 Å². The molecule has 0 aliphatic heterocycles. The van der Waals surface area contributed by atoms with Crippen molar-refractivity contribution in [2.24, 2.45) is 0 Å². The Morgan fingerprint density at radius 3 is 2.95 bits per heavy atom. The lowest BCUT2D eigenvalue weighted by Crippen LogP contribution is -1.99. The molecule has 1 aromatic carbocycles. The van der Waals surface area contributed by atoms with Crippen molar-refractivity contribution in [1.29, 1.82) is 0 Å². The third-order valence-electron chi connectivity index (χ3n) is 3.18. The van der Waals surface area contributed by atoms with E-state index in [1.54, 1.807) is 29.0 Å². The molecule has 0 aliphatic rings. The molecule has 0 radical (unpaired) electrons. The van der Waals surface area contributed by atoms with E-state index in [0.29, 0.717) is 17.1 Å². The second-order valence-electron chi connectivity index (χ2n) is 4.62. The van der Waals surface area contributed by atoms with Crippen LogP contribution in [0.25, 0.3) is 16.9 Å².